The van der Waals surface area contributed by atoms with Gasteiger partial charge in [0.25, 0.3) is 0 Å². The Morgan fingerprint density at radius 3 is 2.88 bits per heavy atom. The number of rotatable bonds is 7. The molecule has 0 saturated carbocycles. The first-order valence-corrected chi connectivity index (χ1v) is 6.52. The lowest BCUT2D eigenvalue weighted by molar-refractivity contribution is -0.144. The SMILES string of the molecule is CCOC(=O)C(N)CCCC(=O)c1cccs1. The number of nitrogens with two attached hydrogens (primary N) is 1. The van der Waals surface area contributed by atoms with Gasteiger partial charge < -0.3 is 10.5 Å². The Bertz CT molecular complexity index is 362. The van der Waals surface area contributed by atoms with Gasteiger partial charge in [0.15, 0.2) is 5.78 Å². The van der Waals surface area contributed by atoms with Gasteiger partial charge in [-0.2, -0.15) is 0 Å². The minimum atomic E-state index is -0.619. The van der Waals surface area contributed by atoms with E-state index in [0.29, 0.717) is 25.9 Å². The Morgan fingerprint density at radius 2 is 2.29 bits per heavy atom. The number of ketones is 1. The van der Waals surface area contributed by atoms with Crippen LogP contribution in [-0.2, 0) is 9.53 Å². The molecule has 2 N–H and O–H groups in total. The first-order chi connectivity index (χ1) is 8.15. The van der Waals surface area contributed by atoms with Gasteiger partial charge in [-0.05, 0) is 31.2 Å². The van der Waals surface area contributed by atoms with Gasteiger partial charge in [-0.15, -0.1) is 11.3 Å². The van der Waals surface area contributed by atoms with Crippen molar-refractivity contribution in [3.63, 3.8) is 0 Å². The fourth-order valence-corrected chi connectivity index (χ4v) is 2.10. The van der Waals surface area contributed by atoms with Crippen LogP contribution in [-0.4, -0.2) is 24.4 Å². The quantitative estimate of drug-likeness (QED) is 0.597. The Morgan fingerprint density at radius 1 is 1.53 bits per heavy atom. The van der Waals surface area contributed by atoms with Crippen molar-refractivity contribution in [1.82, 2.24) is 0 Å². The Kier molecular flexibility index (Phi) is 5.86. The molecule has 0 bridgehead atoms. The molecule has 0 aliphatic carbocycles. The van der Waals surface area contributed by atoms with Crippen molar-refractivity contribution in [2.24, 2.45) is 5.73 Å². The van der Waals surface area contributed by atoms with Crippen LogP contribution in [0, 0.1) is 0 Å². The number of hydrogen-bond acceptors (Lipinski definition) is 5. The van der Waals surface area contributed by atoms with Crippen molar-refractivity contribution in [3.05, 3.63) is 22.4 Å². The summed E-state index contributed by atoms with van der Waals surface area (Å²) >= 11 is 1.43. The van der Waals surface area contributed by atoms with Crippen molar-refractivity contribution in [2.45, 2.75) is 32.2 Å². The van der Waals surface area contributed by atoms with Crippen LogP contribution >= 0.6 is 11.3 Å². The minimum Gasteiger partial charge on any atom is -0.465 e. The van der Waals surface area contributed by atoms with Gasteiger partial charge in [0, 0.05) is 6.42 Å². The molecular formula is C12H17NO3S. The van der Waals surface area contributed by atoms with E-state index in [9.17, 15) is 9.59 Å². The molecule has 0 aliphatic rings. The monoisotopic (exact) mass is 255 g/mol. The molecule has 0 fully saturated rings. The van der Waals surface area contributed by atoms with Gasteiger partial charge in [0.05, 0.1) is 11.5 Å². The summed E-state index contributed by atoms with van der Waals surface area (Å²) in [5.74, 6) is -0.285. The van der Waals surface area contributed by atoms with Crippen molar-refractivity contribution in [3.8, 4) is 0 Å². The van der Waals surface area contributed by atoms with Crippen molar-refractivity contribution in [2.75, 3.05) is 6.61 Å². The average Bonchev–Trinajstić information content (AvgIpc) is 2.82. The van der Waals surface area contributed by atoms with Crippen molar-refractivity contribution in [1.29, 1.82) is 0 Å². The zero-order chi connectivity index (χ0) is 12.7. The van der Waals surface area contributed by atoms with E-state index in [-0.39, 0.29) is 5.78 Å². The third-order valence-corrected chi connectivity index (χ3v) is 3.22. The summed E-state index contributed by atoms with van der Waals surface area (Å²) in [6.45, 7) is 2.07. The first kappa shape index (κ1) is 13.9. The number of ether oxygens (including phenoxy) is 1. The maximum absolute atomic E-state index is 11.6. The number of hydrogen-bond donors (Lipinski definition) is 1. The fourth-order valence-electron chi connectivity index (χ4n) is 1.41. The highest BCUT2D eigenvalue weighted by atomic mass is 32.1. The highest BCUT2D eigenvalue weighted by Gasteiger charge is 2.15. The molecule has 94 valence electrons. The molecule has 0 aliphatic heterocycles. The van der Waals surface area contributed by atoms with E-state index in [0.717, 1.165) is 4.88 Å². The number of Topliss-reactive ketones (excluding diaryl/α,β-unsaturated/α-hetero) is 1. The first-order valence-electron chi connectivity index (χ1n) is 5.64. The zero-order valence-corrected chi connectivity index (χ0v) is 10.7. The molecule has 1 heterocycles. The number of thiophene rings is 1. The summed E-state index contributed by atoms with van der Waals surface area (Å²) in [6, 6.07) is 3.03. The van der Waals surface area contributed by atoms with Gasteiger partial charge in [0.2, 0.25) is 0 Å². The second kappa shape index (κ2) is 7.19. The lowest BCUT2D eigenvalue weighted by Gasteiger charge is -2.09. The molecule has 17 heavy (non-hydrogen) atoms. The van der Waals surface area contributed by atoms with E-state index in [4.69, 9.17) is 10.5 Å². The lowest BCUT2D eigenvalue weighted by atomic mass is 10.1. The van der Waals surface area contributed by atoms with E-state index >= 15 is 0 Å². The number of carbonyl (C=O) groups is 2. The van der Waals surface area contributed by atoms with Gasteiger partial charge in [-0.25, -0.2) is 0 Å². The zero-order valence-electron chi connectivity index (χ0n) is 9.85. The maximum atomic E-state index is 11.6. The van der Waals surface area contributed by atoms with Crippen LogP contribution in [0.5, 0.6) is 0 Å². The van der Waals surface area contributed by atoms with Crippen LogP contribution in [0.15, 0.2) is 17.5 Å². The molecule has 1 rings (SSSR count). The third-order valence-electron chi connectivity index (χ3n) is 2.30. The largest absolute Gasteiger partial charge is 0.465 e. The van der Waals surface area contributed by atoms with Crippen LogP contribution in [0.3, 0.4) is 0 Å². The van der Waals surface area contributed by atoms with Crippen molar-refractivity contribution < 1.29 is 14.3 Å². The number of esters is 1. The van der Waals surface area contributed by atoms with Crippen LogP contribution < -0.4 is 5.73 Å². The summed E-state index contributed by atoms with van der Waals surface area (Å²) in [6.07, 6.45) is 1.51. The average molecular weight is 255 g/mol. The van der Waals surface area contributed by atoms with E-state index in [1.165, 1.54) is 11.3 Å². The molecule has 0 saturated heterocycles. The molecule has 0 radical (unpaired) electrons. The van der Waals surface area contributed by atoms with E-state index < -0.39 is 12.0 Å². The van der Waals surface area contributed by atoms with Gasteiger partial charge in [-0.3, -0.25) is 9.59 Å². The Labute approximate surface area is 105 Å². The molecule has 0 aromatic carbocycles. The molecule has 1 unspecified atom stereocenters. The molecule has 0 spiro atoms. The molecule has 1 aromatic heterocycles. The fraction of sp³-hybridized carbons (Fsp3) is 0.500. The third kappa shape index (κ3) is 4.66. The molecule has 1 atom stereocenters. The molecule has 4 nitrogen and oxygen atoms in total. The Hall–Kier alpha value is -1.20. The predicted octanol–water partition coefficient (Wildman–Crippen LogP) is 1.99. The second-order valence-corrected chi connectivity index (χ2v) is 4.60. The van der Waals surface area contributed by atoms with Gasteiger partial charge in [-0.1, -0.05) is 6.07 Å². The topological polar surface area (TPSA) is 69.4 Å². The lowest BCUT2D eigenvalue weighted by Crippen LogP contribution is -2.32. The Balaban J connectivity index is 2.24. The highest BCUT2D eigenvalue weighted by Crippen LogP contribution is 2.13. The van der Waals surface area contributed by atoms with Gasteiger partial charge in [0.1, 0.15) is 6.04 Å². The maximum Gasteiger partial charge on any atom is 0.322 e. The van der Waals surface area contributed by atoms with E-state index in [1.54, 1.807) is 13.0 Å². The van der Waals surface area contributed by atoms with Crippen LogP contribution in [0.25, 0.3) is 0 Å². The summed E-state index contributed by atoms with van der Waals surface area (Å²) in [7, 11) is 0. The predicted molar refractivity (Wildman–Crippen MR) is 67.1 cm³/mol. The summed E-state index contributed by atoms with van der Waals surface area (Å²) in [4.78, 5) is 23.6. The van der Waals surface area contributed by atoms with Crippen molar-refractivity contribution >= 4 is 23.1 Å². The molecule has 5 heteroatoms. The van der Waals surface area contributed by atoms with Crippen LogP contribution in [0.2, 0.25) is 0 Å². The molecular weight excluding hydrogens is 238 g/mol. The summed E-state index contributed by atoms with van der Waals surface area (Å²) in [5, 5.41) is 1.87. The normalized spacial score (nSPS) is 12.1. The molecule has 1 aromatic rings. The standard InChI is InChI=1S/C12H17NO3S/c1-2-16-12(15)9(13)5-3-6-10(14)11-7-4-8-17-11/h4,7-9H,2-3,5-6,13H2,1H3. The van der Waals surface area contributed by atoms with E-state index in [2.05, 4.69) is 0 Å². The summed E-state index contributed by atoms with van der Waals surface area (Å²) < 4.78 is 4.79. The summed E-state index contributed by atoms with van der Waals surface area (Å²) in [5.41, 5.74) is 5.62. The minimum absolute atomic E-state index is 0.107. The highest BCUT2D eigenvalue weighted by molar-refractivity contribution is 7.12. The second-order valence-electron chi connectivity index (χ2n) is 3.65. The van der Waals surface area contributed by atoms with Crippen LogP contribution in [0.1, 0.15) is 35.9 Å². The van der Waals surface area contributed by atoms with E-state index in [1.807, 2.05) is 11.4 Å². The van der Waals surface area contributed by atoms with Gasteiger partial charge >= 0.3 is 5.97 Å². The van der Waals surface area contributed by atoms with Crippen LogP contribution in [0.4, 0.5) is 0 Å². The number of carbonyl (C=O) groups excluding carboxylic acids is 2. The molecule has 0 amide bonds. The smallest absolute Gasteiger partial charge is 0.322 e.